The summed E-state index contributed by atoms with van der Waals surface area (Å²) < 4.78 is 5.66. The molecule has 4 nitrogen and oxygen atoms in total. The third kappa shape index (κ3) is 2.61. The van der Waals surface area contributed by atoms with E-state index < -0.39 is 0 Å². The molecule has 88 valence electrons. The third-order valence-corrected chi connectivity index (χ3v) is 3.39. The highest BCUT2D eigenvalue weighted by atomic mass is 32.1. The van der Waals surface area contributed by atoms with Gasteiger partial charge in [0.2, 0.25) is 5.91 Å². The maximum atomic E-state index is 11.7. The van der Waals surface area contributed by atoms with Gasteiger partial charge in [0.05, 0.1) is 13.2 Å². The normalized spacial score (nSPS) is 21.1. The van der Waals surface area contributed by atoms with Gasteiger partial charge >= 0.3 is 0 Å². The Morgan fingerprint density at radius 3 is 3.25 bits per heavy atom. The highest BCUT2D eigenvalue weighted by molar-refractivity contribution is 7.07. The van der Waals surface area contributed by atoms with E-state index in [0.717, 1.165) is 5.56 Å². The number of rotatable bonds is 3. The standard InChI is InChI=1S/C11H16N2O2S/c12-3-1-11(14)13-4-5-15-10(7-13)9-2-6-16-8-9/h2,6,8,10H,1,3-5,7,12H2. The van der Waals surface area contributed by atoms with Gasteiger partial charge in [-0.1, -0.05) is 0 Å². The number of carbonyl (C=O) groups is 1. The lowest BCUT2D eigenvalue weighted by Crippen LogP contribution is -2.42. The van der Waals surface area contributed by atoms with Gasteiger partial charge in [-0.3, -0.25) is 4.79 Å². The van der Waals surface area contributed by atoms with Gasteiger partial charge in [0.25, 0.3) is 0 Å². The van der Waals surface area contributed by atoms with Gasteiger partial charge in [0.15, 0.2) is 0 Å². The summed E-state index contributed by atoms with van der Waals surface area (Å²) in [4.78, 5) is 13.6. The van der Waals surface area contributed by atoms with Crippen LogP contribution in [0.25, 0.3) is 0 Å². The first kappa shape index (κ1) is 11.6. The minimum Gasteiger partial charge on any atom is -0.370 e. The number of hydrogen-bond acceptors (Lipinski definition) is 4. The number of carbonyl (C=O) groups excluding carboxylic acids is 1. The largest absolute Gasteiger partial charge is 0.370 e. The number of nitrogens with zero attached hydrogens (tertiary/aromatic N) is 1. The van der Waals surface area contributed by atoms with Crippen LogP contribution >= 0.6 is 11.3 Å². The fourth-order valence-corrected chi connectivity index (χ4v) is 2.52. The predicted molar refractivity (Wildman–Crippen MR) is 63.3 cm³/mol. The fourth-order valence-electron chi connectivity index (χ4n) is 1.82. The molecule has 1 aliphatic heterocycles. The minimum atomic E-state index is 0.0294. The maximum absolute atomic E-state index is 11.7. The van der Waals surface area contributed by atoms with Gasteiger partial charge in [-0.25, -0.2) is 0 Å². The van der Waals surface area contributed by atoms with E-state index in [-0.39, 0.29) is 12.0 Å². The molecule has 0 aromatic carbocycles. The van der Waals surface area contributed by atoms with Gasteiger partial charge in [0, 0.05) is 19.5 Å². The Labute approximate surface area is 99.0 Å². The Hall–Kier alpha value is -0.910. The molecular formula is C11H16N2O2S. The number of morpholine rings is 1. The smallest absolute Gasteiger partial charge is 0.224 e. The summed E-state index contributed by atoms with van der Waals surface area (Å²) in [6, 6.07) is 2.05. The molecule has 1 aromatic rings. The van der Waals surface area contributed by atoms with Crippen LogP contribution in [0.5, 0.6) is 0 Å². The average Bonchev–Trinajstić information content (AvgIpc) is 2.83. The zero-order valence-corrected chi connectivity index (χ0v) is 9.91. The summed E-state index contributed by atoms with van der Waals surface area (Å²) in [5, 5.41) is 4.10. The summed E-state index contributed by atoms with van der Waals surface area (Å²) >= 11 is 1.65. The van der Waals surface area contributed by atoms with E-state index in [4.69, 9.17) is 10.5 Å². The van der Waals surface area contributed by atoms with E-state index in [9.17, 15) is 4.79 Å². The Bertz CT molecular complexity index is 340. The summed E-state index contributed by atoms with van der Waals surface area (Å²) in [6.07, 6.45) is 0.456. The van der Waals surface area contributed by atoms with Crippen molar-refractivity contribution in [3.63, 3.8) is 0 Å². The molecule has 1 amide bonds. The second-order valence-electron chi connectivity index (χ2n) is 3.79. The molecule has 2 heterocycles. The van der Waals surface area contributed by atoms with E-state index in [1.165, 1.54) is 0 Å². The molecule has 0 saturated carbocycles. The Balaban J connectivity index is 1.96. The van der Waals surface area contributed by atoms with Gasteiger partial charge in [0.1, 0.15) is 6.10 Å². The molecule has 1 unspecified atom stereocenters. The highest BCUT2D eigenvalue weighted by Crippen LogP contribution is 2.24. The average molecular weight is 240 g/mol. The van der Waals surface area contributed by atoms with Crippen LogP contribution in [0.3, 0.4) is 0 Å². The molecule has 2 N–H and O–H groups in total. The Morgan fingerprint density at radius 1 is 1.69 bits per heavy atom. The summed E-state index contributed by atoms with van der Waals surface area (Å²) in [6.45, 7) is 2.35. The second-order valence-corrected chi connectivity index (χ2v) is 4.57. The second kappa shape index (κ2) is 5.43. The topological polar surface area (TPSA) is 55.6 Å². The molecule has 1 aromatic heterocycles. The van der Waals surface area contributed by atoms with Gasteiger partial charge in [-0.15, -0.1) is 0 Å². The van der Waals surface area contributed by atoms with E-state index in [1.54, 1.807) is 11.3 Å². The molecule has 1 aliphatic rings. The van der Waals surface area contributed by atoms with Crippen LogP contribution in [0.2, 0.25) is 0 Å². The molecule has 0 spiro atoms. The van der Waals surface area contributed by atoms with Crippen LogP contribution in [0.15, 0.2) is 16.8 Å². The van der Waals surface area contributed by atoms with Gasteiger partial charge in [-0.2, -0.15) is 11.3 Å². The van der Waals surface area contributed by atoms with Crippen LogP contribution in [0, 0.1) is 0 Å². The molecule has 0 radical (unpaired) electrons. The number of hydrogen-bond donors (Lipinski definition) is 1. The fraction of sp³-hybridized carbons (Fsp3) is 0.545. The molecular weight excluding hydrogens is 224 g/mol. The SMILES string of the molecule is NCCC(=O)N1CCOC(c2ccsc2)C1. The molecule has 5 heteroatoms. The van der Waals surface area contributed by atoms with Crippen molar-refractivity contribution in [2.45, 2.75) is 12.5 Å². The molecule has 1 fully saturated rings. The quantitative estimate of drug-likeness (QED) is 0.857. The van der Waals surface area contributed by atoms with Crippen molar-refractivity contribution in [1.29, 1.82) is 0 Å². The van der Waals surface area contributed by atoms with E-state index >= 15 is 0 Å². The summed E-state index contributed by atoms with van der Waals surface area (Å²) in [5.74, 6) is 0.131. The van der Waals surface area contributed by atoms with E-state index in [0.29, 0.717) is 32.7 Å². The first-order valence-electron chi connectivity index (χ1n) is 5.43. The maximum Gasteiger partial charge on any atom is 0.224 e. The van der Waals surface area contributed by atoms with Crippen molar-refractivity contribution in [2.24, 2.45) is 5.73 Å². The molecule has 1 atom stereocenters. The minimum absolute atomic E-state index is 0.0294. The van der Waals surface area contributed by atoms with Crippen molar-refractivity contribution in [2.75, 3.05) is 26.2 Å². The van der Waals surface area contributed by atoms with Crippen molar-refractivity contribution in [3.8, 4) is 0 Å². The first-order valence-corrected chi connectivity index (χ1v) is 6.37. The number of thiophene rings is 1. The Kier molecular flexibility index (Phi) is 3.93. The predicted octanol–water partition coefficient (Wildman–Crippen LogP) is 0.997. The van der Waals surface area contributed by atoms with E-state index in [1.807, 2.05) is 16.3 Å². The van der Waals surface area contributed by atoms with Crippen LogP contribution in [0.4, 0.5) is 0 Å². The Morgan fingerprint density at radius 2 is 2.56 bits per heavy atom. The third-order valence-electron chi connectivity index (χ3n) is 2.69. The number of amides is 1. The molecule has 2 rings (SSSR count). The summed E-state index contributed by atoms with van der Waals surface area (Å²) in [5.41, 5.74) is 6.55. The first-order chi connectivity index (χ1) is 7.81. The highest BCUT2D eigenvalue weighted by Gasteiger charge is 2.24. The zero-order chi connectivity index (χ0) is 11.4. The van der Waals surface area contributed by atoms with Crippen molar-refractivity contribution in [3.05, 3.63) is 22.4 Å². The van der Waals surface area contributed by atoms with Crippen molar-refractivity contribution in [1.82, 2.24) is 4.90 Å². The molecule has 1 saturated heterocycles. The molecule has 16 heavy (non-hydrogen) atoms. The monoisotopic (exact) mass is 240 g/mol. The van der Waals surface area contributed by atoms with Crippen LogP contribution < -0.4 is 5.73 Å². The lowest BCUT2D eigenvalue weighted by Gasteiger charge is -2.32. The summed E-state index contributed by atoms with van der Waals surface area (Å²) in [7, 11) is 0. The van der Waals surface area contributed by atoms with Crippen molar-refractivity contribution >= 4 is 17.2 Å². The van der Waals surface area contributed by atoms with E-state index in [2.05, 4.69) is 5.38 Å². The van der Waals surface area contributed by atoms with Gasteiger partial charge < -0.3 is 15.4 Å². The number of ether oxygens (including phenoxy) is 1. The van der Waals surface area contributed by atoms with Crippen LogP contribution in [-0.2, 0) is 9.53 Å². The lowest BCUT2D eigenvalue weighted by atomic mass is 10.1. The lowest BCUT2D eigenvalue weighted by molar-refractivity contribution is -0.138. The zero-order valence-electron chi connectivity index (χ0n) is 9.09. The van der Waals surface area contributed by atoms with Gasteiger partial charge in [-0.05, 0) is 22.4 Å². The van der Waals surface area contributed by atoms with Crippen LogP contribution in [-0.4, -0.2) is 37.0 Å². The van der Waals surface area contributed by atoms with Crippen molar-refractivity contribution < 1.29 is 9.53 Å². The molecule has 0 aliphatic carbocycles. The van der Waals surface area contributed by atoms with Crippen LogP contribution in [0.1, 0.15) is 18.1 Å². The number of nitrogens with two attached hydrogens (primary N) is 1. The molecule has 0 bridgehead atoms.